The second kappa shape index (κ2) is 9.84. The fourth-order valence-electron chi connectivity index (χ4n) is 7.00. The van der Waals surface area contributed by atoms with Crippen LogP contribution in [0.4, 0.5) is 26.3 Å². The van der Waals surface area contributed by atoms with Crippen molar-refractivity contribution in [2.75, 3.05) is 0 Å². The summed E-state index contributed by atoms with van der Waals surface area (Å²) in [5.74, 6) is -0.591. The van der Waals surface area contributed by atoms with Gasteiger partial charge in [0.2, 0.25) is 5.54 Å². The summed E-state index contributed by atoms with van der Waals surface area (Å²) in [7, 11) is 0. The van der Waals surface area contributed by atoms with E-state index in [9.17, 15) is 41.7 Å². The van der Waals surface area contributed by atoms with Crippen LogP contribution in [0.1, 0.15) is 79.4 Å². The quantitative estimate of drug-likeness (QED) is 0.207. The van der Waals surface area contributed by atoms with Gasteiger partial charge in [0.15, 0.2) is 5.78 Å². The third-order valence-corrected chi connectivity index (χ3v) is 8.82. The number of halogens is 6. The Hall–Kier alpha value is -3.89. The molecule has 2 heterocycles. The Labute approximate surface area is 239 Å². The summed E-state index contributed by atoms with van der Waals surface area (Å²) in [6.07, 6.45) is -3.42. The number of carbonyl (C=O) groups excluding carboxylic acids is 1. The zero-order valence-electron chi connectivity index (χ0n) is 23.0. The molecule has 0 aromatic heterocycles. The fourth-order valence-corrected chi connectivity index (χ4v) is 7.00. The molecule has 5 rings (SSSR count). The van der Waals surface area contributed by atoms with E-state index in [4.69, 9.17) is 0 Å². The predicted octanol–water partition coefficient (Wildman–Crippen LogP) is 8.27. The number of Topliss-reactive ketones (excluding diaryl/α,β-unsaturated/α-hetero) is 1. The van der Waals surface area contributed by atoms with Crippen molar-refractivity contribution in [1.29, 1.82) is 10.5 Å². The van der Waals surface area contributed by atoms with Gasteiger partial charge in [-0.3, -0.25) is 4.79 Å². The molecule has 2 aliphatic heterocycles. The van der Waals surface area contributed by atoms with Crippen LogP contribution in [0.2, 0.25) is 0 Å². The summed E-state index contributed by atoms with van der Waals surface area (Å²) in [5.41, 5.74) is -4.48. The largest absolute Gasteiger partial charge is 0.416 e. The maximum atomic E-state index is 14.0. The molecule has 42 heavy (non-hydrogen) atoms. The average molecular weight is 584 g/mol. The van der Waals surface area contributed by atoms with E-state index in [1.807, 2.05) is 0 Å². The van der Waals surface area contributed by atoms with E-state index in [2.05, 4.69) is 12.1 Å². The van der Waals surface area contributed by atoms with Gasteiger partial charge >= 0.3 is 12.4 Å². The van der Waals surface area contributed by atoms with E-state index < -0.39 is 45.9 Å². The molecule has 0 saturated carbocycles. The van der Waals surface area contributed by atoms with Crippen LogP contribution in [-0.4, -0.2) is 21.8 Å². The molecule has 4 nitrogen and oxygen atoms in total. The van der Waals surface area contributed by atoms with Crippen LogP contribution in [0.25, 0.3) is 0 Å². The SMILES string of the molecule is CC1(C)C(C(=O)c2ccc(C(F)(F)F)cc2)=CC2(c3ccc(C(F)(F)F)cc3)C3=C(CCCCCC3)C(C#N)(C#N)N12. The van der Waals surface area contributed by atoms with Crippen molar-refractivity contribution >= 4 is 5.78 Å². The van der Waals surface area contributed by atoms with E-state index in [1.165, 1.54) is 12.1 Å². The first kappa shape index (κ1) is 29.6. The lowest BCUT2D eigenvalue weighted by Gasteiger charge is -2.46. The van der Waals surface area contributed by atoms with Crippen LogP contribution >= 0.6 is 0 Å². The topological polar surface area (TPSA) is 67.9 Å². The van der Waals surface area contributed by atoms with E-state index >= 15 is 0 Å². The van der Waals surface area contributed by atoms with Crippen molar-refractivity contribution in [3.63, 3.8) is 0 Å². The summed E-state index contributed by atoms with van der Waals surface area (Å²) < 4.78 is 80.1. The standard InChI is InChI=1S/C32H27F6N3O/c1-28(2)26(27(42)20-9-11-22(12-10-20)31(33,34)35)17-30(21-13-15-23(16-14-21)32(36,37)38)25-8-6-4-3-5-7-24(25)29(18-39,19-40)41(28)30/h9-17H,3-8H2,1-2H3. The van der Waals surface area contributed by atoms with Gasteiger partial charge in [-0.1, -0.05) is 37.1 Å². The molecule has 1 aliphatic carbocycles. The van der Waals surface area contributed by atoms with Gasteiger partial charge in [-0.2, -0.15) is 36.9 Å². The molecule has 3 aliphatic rings. The van der Waals surface area contributed by atoms with Crippen LogP contribution < -0.4 is 0 Å². The van der Waals surface area contributed by atoms with Crippen molar-refractivity contribution in [2.45, 2.75) is 81.3 Å². The number of nitrogens with zero attached hydrogens (tertiary/aromatic N) is 3. The molecule has 0 saturated heterocycles. The number of rotatable bonds is 3. The minimum atomic E-state index is -4.59. The lowest BCUT2D eigenvalue weighted by atomic mass is 9.76. The summed E-state index contributed by atoms with van der Waals surface area (Å²) in [4.78, 5) is 15.6. The highest BCUT2D eigenvalue weighted by atomic mass is 19.4. The fraction of sp³-hybridized carbons (Fsp3) is 0.406. The van der Waals surface area contributed by atoms with Crippen molar-refractivity contribution < 1.29 is 31.1 Å². The van der Waals surface area contributed by atoms with Crippen LogP contribution in [-0.2, 0) is 17.9 Å². The van der Waals surface area contributed by atoms with Gasteiger partial charge in [-0.25, -0.2) is 4.90 Å². The summed E-state index contributed by atoms with van der Waals surface area (Å²) in [6.45, 7) is 3.33. The molecule has 0 spiro atoms. The molecule has 0 bridgehead atoms. The molecular formula is C32H27F6N3O. The molecule has 0 fully saturated rings. The third-order valence-electron chi connectivity index (χ3n) is 8.82. The maximum absolute atomic E-state index is 14.0. The molecular weight excluding hydrogens is 556 g/mol. The molecule has 1 unspecified atom stereocenters. The van der Waals surface area contributed by atoms with Crippen LogP contribution in [0, 0.1) is 22.7 Å². The Balaban J connectivity index is 1.78. The molecule has 1 atom stereocenters. The second-order valence-electron chi connectivity index (χ2n) is 11.5. The lowest BCUT2D eigenvalue weighted by Crippen LogP contribution is -2.59. The molecule has 0 amide bonds. The molecule has 0 N–H and O–H groups in total. The van der Waals surface area contributed by atoms with Crippen LogP contribution in [0.5, 0.6) is 0 Å². The first-order valence-corrected chi connectivity index (χ1v) is 13.6. The molecule has 0 radical (unpaired) electrons. The van der Waals surface area contributed by atoms with Crippen molar-refractivity contribution in [3.05, 3.63) is 93.6 Å². The Morgan fingerprint density at radius 1 is 0.762 bits per heavy atom. The number of hydrogen-bond acceptors (Lipinski definition) is 4. The minimum Gasteiger partial charge on any atom is -0.289 e. The Morgan fingerprint density at radius 2 is 1.24 bits per heavy atom. The Bertz CT molecular complexity index is 1550. The Morgan fingerprint density at radius 3 is 1.71 bits per heavy atom. The number of nitriles is 2. The van der Waals surface area contributed by atoms with Gasteiger partial charge < -0.3 is 0 Å². The monoisotopic (exact) mass is 583 g/mol. The smallest absolute Gasteiger partial charge is 0.289 e. The van der Waals surface area contributed by atoms with Crippen LogP contribution in [0.15, 0.2) is 71.3 Å². The van der Waals surface area contributed by atoms with Crippen LogP contribution in [0.3, 0.4) is 0 Å². The first-order chi connectivity index (χ1) is 19.6. The van der Waals surface area contributed by atoms with Crippen molar-refractivity contribution in [2.24, 2.45) is 0 Å². The van der Waals surface area contributed by atoms with Crippen molar-refractivity contribution in [1.82, 2.24) is 4.90 Å². The van der Waals surface area contributed by atoms with Gasteiger partial charge in [0.05, 0.1) is 16.7 Å². The van der Waals surface area contributed by atoms with E-state index in [-0.39, 0.29) is 11.1 Å². The highest BCUT2D eigenvalue weighted by molar-refractivity contribution is 6.11. The summed E-state index contributed by atoms with van der Waals surface area (Å²) in [5, 5.41) is 21.3. The lowest BCUT2D eigenvalue weighted by molar-refractivity contribution is -0.138. The number of fused-ring (bicyclic) bond motifs is 2. The van der Waals surface area contributed by atoms with Gasteiger partial charge in [-0.05, 0) is 86.6 Å². The summed E-state index contributed by atoms with van der Waals surface area (Å²) in [6, 6.07) is 12.7. The van der Waals surface area contributed by atoms with E-state index in [1.54, 1.807) is 24.8 Å². The molecule has 10 heteroatoms. The van der Waals surface area contributed by atoms with Gasteiger partial charge in [0.1, 0.15) is 12.1 Å². The average Bonchev–Trinajstić information content (AvgIpc) is 3.31. The molecule has 2 aromatic rings. The molecule has 2 aromatic carbocycles. The predicted molar refractivity (Wildman–Crippen MR) is 142 cm³/mol. The first-order valence-electron chi connectivity index (χ1n) is 13.6. The minimum absolute atomic E-state index is 0.0162. The number of benzene rings is 2. The van der Waals surface area contributed by atoms with E-state index in [0.717, 1.165) is 62.1 Å². The summed E-state index contributed by atoms with van der Waals surface area (Å²) >= 11 is 0. The number of carbonyl (C=O) groups is 1. The number of ketones is 1. The van der Waals surface area contributed by atoms with Crippen molar-refractivity contribution in [3.8, 4) is 12.1 Å². The second-order valence-corrected chi connectivity index (χ2v) is 11.5. The highest BCUT2D eigenvalue weighted by Crippen LogP contribution is 2.63. The third kappa shape index (κ3) is 4.27. The van der Waals surface area contributed by atoms with Gasteiger partial charge in [-0.15, -0.1) is 0 Å². The molecule has 218 valence electrons. The number of hydrogen-bond donors (Lipinski definition) is 0. The zero-order valence-corrected chi connectivity index (χ0v) is 23.0. The van der Waals surface area contributed by atoms with Gasteiger partial charge in [0, 0.05) is 16.7 Å². The van der Waals surface area contributed by atoms with Gasteiger partial charge in [0.25, 0.3) is 0 Å². The van der Waals surface area contributed by atoms with E-state index in [0.29, 0.717) is 29.6 Å². The number of alkyl halides is 6. The maximum Gasteiger partial charge on any atom is 0.416 e. The normalized spacial score (nSPS) is 23.6. The Kier molecular flexibility index (Phi) is 6.94. The highest BCUT2D eigenvalue weighted by Gasteiger charge is 2.68. The zero-order chi connectivity index (χ0) is 30.7.